The average Bonchev–Trinajstić information content (AvgIpc) is 2.79. The number of nitrogens with zero attached hydrogens (tertiary/aromatic N) is 2. The summed E-state index contributed by atoms with van der Waals surface area (Å²) in [5.41, 5.74) is 0.311. The molecule has 1 aromatic heterocycles. The Morgan fingerprint density at radius 3 is 2.47 bits per heavy atom. The molecule has 0 bridgehead atoms. The summed E-state index contributed by atoms with van der Waals surface area (Å²) in [6.45, 7) is 0. The molecule has 1 atom stereocenters. The Morgan fingerprint density at radius 1 is 1.33 bits per heavy atom. The number of hydrogen-bond donors (Lipinski definition) is 1. The summed E-state index contributed by atoms with van der Waals surface area (Å²) in [6.07, 6.45) is 8.17. The van der Waals surface area contributed by atoms with Crippen molar-refractivity contribution in [1.29, 1.82) is 0 Å². The minimum Gasteiger partial charge on any atom is -0.385 e. The number of methoxy groups -OCH3 is 1. The minimum absolute atomic E-state index is 0.426. The van der Waals surface area contributed by atoms with Crippen LogP contribution in [-0.4, -0.2) is 27.8 Å². The van der Waals surface area contributed by atoms with Crippen LogP contribution in [0.4, 0.5) is 0 Å². The van der Waals surface area contributed by atoms with E-state index in [1.807, 2.05) is 0 Å². The molecule has 4 heteroatoms. The topological polar surface area (TPSA) is 55.2 Å². The van der Waals surface area contributed by atoms with Crippen LogP contribution in [0, 0.1) is 0 Å². The standard InChI is InChI=1S/C11H16N2O2/c1-15-11(4-2-3-5-11)10(14)9-6-12-8-13-7-9/h6-8,10,14H,2-5H2,1H3. The molecule has 82 valence electrons. The number of rotatable bonds is 3. The molecule has 1 N–H and O–H groups in total. The van der Waals surface area contributed by atoms with E-state index in [1.54, 1.807) is 19.5 Å². The second kappa shape index (κ2) is 4.24. The van der Waals surface area contributed by atoms with Gasteiger partial charge in [-0.3, -0.25) is 0 Å². The molecule has 0 radical (unpaired) electrons. The van der Waals surface area contributed by atoms with Gasteiger partial charge in [0, 0.05) is 25.1 Å². The maximum absolute atomic E-state index is 10.3. The van der Waals surface area contributed by atoms with Crippen LogP contribution in [0.1, 0.15) is 37.4 Å². The van der Waals surface area contributed by atoms with Gasteiger partial charge in [-0.15, -0.1) is 0 Å². The summed E-state index contributed by atoms with van der Waals surface area (Å²) in [4.78, 5) is 7.83. The first-order valence-electron chi connectivity index (χ1n) is 5.27. The molecule has 1 aromatic rings. The molecule has 1 unspecified atom stereocenters. The van der Waals surface area contributed by atoms with Crippen molar-refractivity contribution in [2.75, 3.05) is 7.11 Å². The Balaban J connectivity index is 2.22. The van der Waals surface area contributed by atoms with E-state index < -0.39 is 11.7 Å². The van der Waals surface area contributed by atoms with Gasteiger partial charge in [-0.05, 0) is 12.8 Å². The third-order valence-corrected chi connectivity index (χ3v) is 3.25. The van der Waals surface area contributed by atoms with Crippen LogP contribution < -0.4 is 0 Å². The maximum Gasteiger partial charge on any atom is 0.115 e. The monoisotopic (exact) mass is 208 g/mol. The highest BCUT2D eigenvalue weighted by molar-refractivity contribution is 5.13. The number of aliphatic hydroxyl groups excluding tert-OH is 1. The number of aromatic nitrogens is 2. The summed E-state index contributed by atoms with van der Waals surface area (Å²) in [5, 5.41) is 10.3. The van der Waals surface area contributed by atoms with E-state index in [0.29, 0.717) is 0 Å². The van der Waals surface area contributed by atoms with Crippen LogP contribution in [-0.2, 0) is 4.74 Å². The van der Waals surface area contributed by atoms with Crippen LogP contribution in [0.5, 0.6) is 0 Å². The van der Waals surface area contributed by atoms with Crippen LogP contribution in [0.2, 0.25) is 0 Å². The van der Waals surface area contributed by atoms with Crippen molar-refractivity contribution in [2.45, 2.75) is 37.4 Å². The van der Waals surface area contributed by atoms with Crippen molar-refractivity contribution < 1.29 is 9.84 Å². The summed E-state index contributed by atoms with van der Waals surface area (Å²) in [6, 6.07) is 0. The molecule has 0 aliphatic heterocycles. The quantitative estimate of drug-likeness (QED) is 0.817. The van der Waals surface area contributed by atoms with Gasteiger partial charge < -0.3 is 9.84 Å². The highest BCUT2D eigenvalue weighted by atomic mass is 16.5. The Hall–Kier alpha value is -1.00. The molecule has 1 aliphatic rings. The molecule has 1 aliphatic carbocycles. The zero-order chi connectivity index (χ0) is 10.7. The molecule has 0 amide bonds. The van der Waals surface area contributed by atoms with Crippen LogP contribution >= 0.6 is 0 Å². The molecular weight excluding hydrogens is 192 g/mol. The second-order valence-electron chi connectivity index (χ2n) is 4.05. The molecule has 0 spiro atoms. The van der Waals surface area contributed by atoms with Gasteiger partial charge in [-0.25, -0.2) is 9.97 Å². The zero-order valence-electron chi connectivity index (χ0n) is 8.89. The van der Waals surface area contributed by atoms with Crippen molar-refractivity contribution in [3.05, 3.63) is 24.3 Å². The average molecular weight is 208 g/mol. The lowest BCUT2D eigenvalue weighted by atomic mass is 9.90. The zero-order valence-corrected chi connectivity index (χ0v) is 8.89. The lowest BCUT2D eigenvalue weighted by Crippen LogP contribution is -2.35. The fraction of sp³-hybridized carbons (Fsp3) is 0.636. The first-order chi connectivity index (χ1) is 7.28. The fourth-order valence-corrected chi connectivity index (χ4v) is 2.32. The predicted octanol–water partition coefficient (Wildman–Crippen LogP) is 1.47. The third-order valence-electron chi connectivity index (χ3n) is 3.25. The number of hydrogen-bond acceptors (Lipinski definition) is 4. The van der Waals surface area contributed by atoms with E-state index >= 15 is 0 Å². The predicted molar refractivity (Wildman–Crippen MR) is 55.2 cm³/mol. The van der Waals surface area contributed by atoms with Gasteiger partial charge in [0.2, 0.25) is 0 Å². The van der Waals surface area contributed by atoms with Gasteiger partial charge in [0.25, 0.3) is 0 Å². The Morgan fingerprint density at radius 2 is 1.93 bits per heavy atom. The van der Waals surface area contributed by atoms with Gasteiger partial charge in [0.15, 0.2) is 0 Å². The Labute approximate surface area is 89.3 Å². The smallest absolute Gasteiger partial charge is 0.115 e. The molecule has 2 rings (SSSR count). The Kier molecular flexibility index (Phi) is 2.98. The molecule has 0 aromatic carbocycles. The number of aliphatic hydroxyl groups is 1. The SMILES string of the molecule is COC1(C(O)c2cncnc2)CCCC1. The van der Waals surface area contributed by atoms with E-state index in [2.05, 4.69) is 9.97 Å². The van der Waals surface area contributed by atoms with Crippen LogP contribution in [0.25, 0.3) is 0 Å². The molecule has 1 heterocycles. The largest absolute Gasteiger partial charge is 0.385 e. The highest BCUT2D eigenvalue weighted by Gasteiger charge is 2.41. The highest BCUT2D eigenvalue weighted by Crippen LogP contribution is 2.41. The molecule has 15 heavy (non-hydrogen) atoms. The lowest BCUT2D eigenvalue weighted by Gasteiger charge is -2.32. The van der Waals surface area contributed by atoms with Crippen LogP contribution in [0.3, 0.4) is 0 Å². The minimum atomic E-state index is -0.619. The molecular formula is C11H16N2O2. The normalized spacial score (nSPS) is 21.5. The Bertz CT molecular complexity index is 310. The van der Waals surface area contributed by atoms with Crippen molar-refractivity contribution in [1.82, 2.24) is 9.97 Å². The van der Waals surface area contributed by atoms with Gasteiger partial charge in [0.1, 0.15) is 12.4 Å². The van der Waals surface area contributed by atoms with Crippen LogP contribution in [0.15, 0.2) is 18.7 Å². The van der Waals surface area contributed by atoms with Gasteiger partial charge in [-0.2, -0.15) is 0 Å². The molecule has 0 saturated heterocycles. The van der Waals surface area contributed by atoms with Crippen molar-refractivity contribution in [2.24, 2.45) is 0 Å². The van der Waals surface area contributed by atoms with Crippen molar-refractivity contribution in [3.8, 4) is 0 Å². The van der Waals surface area contributed by atoms with Gasteiger partial charge >= 0.3 is 0 Å². The number of ether oxygens (including phenoxy) is 1. The van der Waals surface area contributed by atoms with Crippen molar-refractivity contribution in [3.63, 3.8) is 0 Å². The van der Waals surface area contributed by atoms with E-state index in [1.165, 1.54) is 6.33 Å². The second-order valence-corrected chi connectivity index (χ2v) is 4.05. The first kappa shape index (κ1) is 10.5. The lowest BCUT2D eigenvalue weighted by molar-refractivity contribution is -0.100. The van der Waals surface area contributed by atoms with Gasteiger partial charge in [0.05, 0.1) is 5.60 Å². The summed E-state index contributed by atoms with van der Waals surface area (Å²) in [7, 11) is 1.67. The van der Waals surface area contributed by atoms with E-state index in [4.69, 9.17) is 4.74 Å². The fourth-order valence-electron chi connectivity index (χ4n) is 2.32. The molecule has 4 nitrogen and oxygen atoms in total. The molecule has 1 saturated carbocycles. The van der Waals surface area contributed by atoms with E-state index in [-0.39, 0.29) is 0 Å². The third kappa shape index (κ3) is 1.87. The molecule has 1 fully saturated rings. The summed E-state index contributed by atoms with van der Waals surface area (Å²) < 4.78 is 5.51. The summed E-state index contributed by atoms with van der Waals surface area (Å²) in [5.74, 6) is 0. The van der Waals surface area contributed by atoms with E-state index in [0.717, 1.165) is 31.2 Å². The van der Waals surface area contributed by atoms with E-state index in [9.17, 15) is 5.11 Å². The van der Waals surface area contributed by atoms with Crippen molar-refractivity contribution >= 4 is 0 Å². The maximum atomic E-state index is 10.3. The van der Waals surface area contributed by atoms with Gasteiger partial charge in [-0.1, -0.05) is 12.8 Å². The first-order valence-corrected chi connectivity index (χ1v) is 5.27. The summed E-state index contributed by atoms with van der Waals surface area (Å²) >= 11 is 0.